The summed E-state index contributed by atoms with van der Waals surface area (Å²) >= 11 is 1.62. The van der Waals surface area contributed by atoms with Gasteiger partial charge in [0, 0.05) is 43.0 Å². The van der Waals surface area contributed by atoms with Crippen LogP contribution in [0.5, 0.6) is 0 Å². The highest BCUT2D eigenvalue weighted by Crippen LogP contribution is 2.36. The van der Waals surface area contributed by atoms with E-state index in [-0.39, 0.29) is 24.0 Å². The summed E-state index contributed by atoms with van der Waals surface area (Å²) in [6.07, 6.45) is 5.19. The second-order valence-corrected chi connectivity index (χ2v) is 10.7. The fraction of sp³-hybridized carbons (Fsp3) is 0.583. The Morgan fingerprint density at radius 1 is 1.23 bits per heavy atom. The molecule has 0 spiro atoms. The minimum atomic E-state index is 0.245. The first-order valence-corrected chi connectivity index (χ1v) is 13.4. The van der Waals surface area contributed by atoms with Crippen molar-refractivity contribution in [3.8, 4) is 0 Å². The van der Waals surface area contributed by atoms with Crippen LogP contribution in [0.1, 0.15) is 37.8 Å². The summed E-state index contributed by atoms with van der Waals surface area (Å²) < 4.78 is 6.45. The molecule has 6 heterocycles. The second kappa shape index (κ2) is 9.71. The van der Waals surface area contributed by atoms with Gasteiger partial charge in [0.25, 0.3) is 0 Å². The standard InChI is InChI=1S/C24H32N8O2S/c1-15-11-20(30-29-15)27-23-22-19(5-10-35-22)26-24(28-23)25-16-12-17-3-2-4-18(13-16)32(17)21(33)14-31-6-8-34-9-7-31/h5,10-11,16-18H,2-4,6-9,12-14H2,1H3,(H3,25,26,27,28,29,30)/t16?,17-,18+. The van der Waals surface area contributed by atoms with Crippen LogP contribution in [0.4, 0.5) is 17.6 Å². The van der Waals surface area contributed by atoms with E-state index in [1.807, 2.05) is 24.4 Å². The quantitative estimate of drug-likeness (QED) is 0.477. The number of hydrogen-bond donors (Lipinski definition) is 3. The summed E-state index contributed by atoms with van der Waals surface area (Å²) in [6, 6.07) is 4.79. The van der Waals surface area contributed by atoms with E-state index in [9.17, 15) is 4.79 Å². The fourth-order valence-electron chi connectivity index (χ4n) is 5.74. The topological polar surface area (TPSA) is 111 Å². The third-order valence-corrected chi connectivity index (χ3v) is 8.22. The third-order valence-electron chi connectivity index (χ3n) is 7.31. The minimum Gasteiger partial charge on any atom is -0.379 e. The lowest BCUT2D eigenvalue weighted by Crippen LogP contribution is -2.59. The number of nitrogens with zero attached hydrogens (tertiary/aromatic N) is 5. The molecule has 3 N–H and O–H groups in total. The number of fused-ring (bicyclic) bond motifs is 3. The molecule has 186 valence electrons. The van der Waals surface area contributed by atoms with Crippen molar-refractivity contribution in [3.05, 3.63) is 23.2 Å². The Morgan fingerprint density at radius 3 is 2.77 bits per heavy atom. The highest BCUT2D eigenvalue weighted by atomic mass is 32.1. The number of anilines is 3. The molecule has 3 aliphatic rings. The van der Waals surface area contributed by atoms with Gasteiger partial charge in [-0.1, -0.05) is 0 Å². The van der Waals surface area contributed by atoms with Crippen LogP contribution in [0.15, 0.2) is 17.5 Å². The zero-order valence-corrected chi connectivity index (χ0v) is 20.8. The summed E-state index contributed by atoms with van der Waals surface area (Å²) in [4.78, 5) is 27.3. The maximum Gasteiger partial charge on any atom is 0.237 e. The number of thiophene rings is 1. The second-order valence-electron chi connectivity index (χ2n) is 9.83. The zero-order valence-electron chi connectivity index (χ0n) is 20.0. The number of hydrogen-bond acceptors (Lipinski definition) is 9. The molecule has 3 aromatic heterocycles. The Balaban J connectivity index is 1.16. The lowest BCUT2D eigenvalue weighted by molar-refractivity contribution is -0.143. The van der Waals surface area contributed by atoms with Crippen LogP contribution < -0.4 is 10.6 Å². The maximum absolute atomic E-state index is 13.3. The average Bonchev–Trinajstić information content (AvgIpc) is 3.48. The zero-order chi connectivity index (χ0) is 23.8. The van der Waals surface area contributed by atoms with Crippen LogP contribution >= 0.6 is 11.3 Å². The van der Waals surface area contributed by atoms with Crippen molar-refractivity contribution >= 4 is 45.0 Å². The van der Waals surface area contributed by atoms with Crippen molar-refractivity contribution in [2.24, 2.45) is 0 Å². The molecule has 1 unspecified atom stereocenters. The van der Waals surface area contributed by atoms with Crippen LogP contribution in [0, 0.1) is 6.92 Å². The van der Waals surface area contributed by atoms with Crippen molar-refractivity contribution < 1.29 is 9.53 Å². The predicted octanol–water partition coefficient (Wildman–Crippen LogP) is 3.12. The smallest absolute Gasteiger partial charge is 0.237 e. The number of rotatable bonds is 6. The predicted molar refractivity (Wildman–Crippen MR) is 136 cm³/mol. The van der Waals surface area contributed by atoms with Crippen molar-refractivity contribution in [1.29, 1.82) is 0 Å². The van der Waals surface area contributed by atoms with Gasteiger partial charge in [-0.05, 0) is 50.5 Å². The van der Waals surface area contributed by atoms with Crippen molar-refractivity contribution in [2.45, 2.75) is 57.2 Å². The van der Waals surface area contributed by atoms with Gasteiger partial charge in [-0.2, -0.15) is 10.1 Å². The molecule has 0 aliphatic carbocycles. The van der Waals surface area contributed by atoms with Crippen molar-refractivity contribution in [3.63, 3.8) is 0 Å². The molecule has 10 nitrogen and oxygen atoms in total. The lowest BCUT2D eigenvalue weighted by atomic mass is 9.81. The highest BCUT2D eigenvalue weighted by Gasteiger charge is 2.41. The summed E-state index contributed by atoms with van der Waals surface area (Å²) in [6.45, 7) is 5.61. The Labute approximate surface area is 208 Å². The number of ether oxygens (including phenoxy) is 1. The molecule has 3 saturated heterocycles. The number of carbonyl (C=O) groups excluding carboxylic acids is 1. The summed E-state index contributed by atoms with van der Waals surface area (Å²) in [5.74, 6) is 2.40. The average molecular weight is 497 g/mol. The van der Waals surface area contributed by atoms with E-state index in [4.69, 9.17) is 14.7 Å². The fourth-order valence-corrected chi connectivity index (χ4v) is 6.51. The van der Waals surface area contributed by atoms with Gasteiger partial charge in [-0.25, -0.2) is 4.98 Å². The van der Waals surface area contributed by atoms with E-state index < -0.39 is 0 Å². The van der Waals surface area contributed by atoms with Gasteiger partial charge in [-0.3, -0.25) is 14.8 Å². The van der Waals surface area contributed by atoms with Gasteiger partial charge >= 0.3 is 0 Å². The van der Waals surface area contributed by atoms with E-state index in [2.05, 4.69) is 30.6 Å². The summed E-state index contributed by atoms with van der Waals surface area (Å²) in [7, 11) is 0. The van der Waals surface area contributed by atoms with Crippen molar-refractivity contribution in [1.82, 2.24) is 30.0 Å². The summed E-state index contributed by atoms with van der Waals surface area (Å²) in [5.41, 5.74) is 1.91. The van der Waals surface area contributed by atoms with Crippen LogP contribution in [0.25, 0.3) is 10.2 Å². The van der Waals surface area contributed by atoms with Crippen molar-refractivity contribution in [2.75, 3.05) is 43.5 Å². The van der Waals surface area contributed by atoms with Crippen LogP contribution in [-0.2, 0) is 9.53 Å². The van der Waals surface area contributed by atoms with E-state index in [0.717, 1.165) is 79.5 Å². The molecule has 0 aromatic carbocycles. The molecule has 3 atom stereocenters. The number of nitrogens with one attached hydrogen (secondary N) is 3. The van der Waals surface area contributed by atoms with Gasteiger partial charge < -0.3 is 20.3 Å². The van der Waals surface area contributed by atoms with E-state index in [1.165, 1.54) is 6.42 Å². The number of aromatic nitrogens is 4. The molecule has 6 rings (SSSR count). The molecular weight excluding hydrogens is 464 g/mol. The van der Waals surface area contributed by atoms with Gasteiger partial charge in [0.2, 0.25) is 11.9 Å². The SMILES string of the molecule is Cc1cc(Nc2nc(NC3C[C@H]4CCC[C@@H](C3)N4C(=O)CN3CCOCC3)nc3ccsc23)n[nH]1. The van der Waals surface area contributed by atoms with Crippen LogP contribution in [0.3, 0.4) is 0 Å². The number of carbonyl (C=O) groups is 1. The minimum absolute atomic E-state index is 0.245. The molecular formula is C24H32N8O2S. The number of piperidine rings is 2. The molecule has 35 heavy (non-hydrogen) atoms. The molecule has 0 radical (unpaired) electrons. The van der Waals surface area contributed by atoms with Gasteiger partial charge in [0.15, 0.2) is 11.6 Å². The lowest BCUT2D eigenvalue weighted by Gasteiger charge is -2.49. The van der Waals surface area contributed by atoms with Gasteiger partial charge in [-0.15, -0.1) is 11.3 Å². The Bertz CT molecular complexity index is 1180. The molecule has 3 aliphatic heterocycles. The van der Waals surface area contributed by atoms with E-state index >= 15 is 0 Å². The number of amides is 1. The first kappa shape index (κ1) is 22.7. The number of H-pyrrole nitrogens is 1. The molecule has 2 bridgehead atoms. The van der Waals surface area contributed by atoms with E-state index in [0.29, 0.717) is 12.5 Å². The molecule has 3 fully saturated rings. The van der Waals surface area contributed by atoms with Crippen LogP contribution in [0.2, 0.25) is 0 Å². The number of morpholine rings is 1. The number of aromatic amines is 1. The first-order chi connectivity index (χ1) is 17.1. The highest BCUT2D eigenvalue weighted by molar-refractivity contribution is 7.17. The van der Waals surface area contributed by atoms with Gasteiger partial charge in [0.05, 0.1) is 30.0 Å². The maximum atomic E-state index is 13.3. The molecule has 1 amide bonds. The van der Waals surface area contributed by atoms with Gasteiger partial charge in [0.1, 0.15) is 0 Å². The molecule has 0 saturated carbocycles. The molecule has 3 aromatic rings. The normalized spacial score (nSPS) is 25.1. The monoisotopic (exact) mass is 496 g/mol. The largest absolute Gasteiger partial charge is 0.379 e. The van der Waals surface area contributed by atoms with Crippen LogP contribution in [-0.4, -0.2) is 86.8 Å². The first-order valence-electron chi connectivity index (χ1n) is 12.5. The Hall–Kier alpha value is -2.76. The third kappa shape index (κ3) is 4.85. The number of aryl methyl sites for hydroxylation is 1. The Morgan fingerprint density at radius 2 is 2.03 bits per heavy atom. The molecule has 11 heteroatoms. The Kier molecular flexibility index (Phi) is 6.29. The van der Waals surface area contributed by atoms with E-state index in [1.54, 1.807) is 11.3 Å². The summed E-state index contributed by atoms with van der Waals surface area (Å²) in [5, 5.41) is 16.2.